The SMILES string of the molecule is CN=C(NCCCCc1nc(C)cs1)N1CC=C(c2ccccc2)CC1.I. The van der Waals surface area contributed by atoms with E-state index in [2.05, 4.69) is 68.9 Å². The summed E-state index contributed by atoms with van der Waals surface area (Å²) in [6.07, 6.45) is 6.77. The highest BCUT2D eigenvalue weighted by Crippen LogP contribution is 2.21. The van der Waals surface area contributed by atoms with Crippen LogP contribution in [0, 0.1) is 6.92 Å². The molecular weight excluding hydrogens is 467 g/mol. The second kappa shape index (κ2) is 11.4. The van der Waals surface area contributed by atoms with Crippen molar-refractivity contribution in [3.63, 3.8) is 0 Å². The second-order valence-corrected chi connectivity index (χ2v) is 7.55. The number of aromatic nitrogens is 1. The van der Waals surface area contributed by atoms with Gasteiger partial charge in [0.15, 0.2) is 5.96 Å². The summed E-state index contributed by atoms with van der Waals surface area (Å²) in [5, 5.41) is 6.89. The first-order valence-electron chi connectivity index (χ1n) is 9.37. The van der Waals surface area contributed by atoms with E-state index in [0.29, 0.717) is 0 Å². The third-order valence-corrected chi connectivity index (χ3v) is 5.66. The van der Waals surface area contributed by atoms with Crippen molar-refractivity contribution in [1.29, 1.82) is 0 Å². The van der Waals surface area contributed by atoms with E-state index in [0.717, 1.165) is 57.0 Å². The number of halogens is 1. The van der Waals surface area contributed by atoms with E-state index in [1.54, 1.807) is 11.3 Å². The van der Waals surface area contributed by atoms with Crippen molar-refractivity contribution in [2.75, 3.05) is 26.7 Å². The molecule has 0 aliphatic carbocycles. The third-order valence-electron chi connectivity index (χ3n) is 4.63. The maximum absolute atomic E-state index is 4.52. The van der Waals surface area contributed by atoms with Crippen LogP contribution in [0.3, 0.4) is 0 Å². The Kier molecular flexibility index (Phi) is 9.27. The molecule has 6 heteroatoms. The lowest BCUT2D eigenvalue weighted by Gasteiger charge is -2.29. The van der Waals surface area contributed by atoms with Gasteiger partial charge in [-0.15, -0.1) is 35.3 Å². The number of rotatable bonds is 6. The average molecular weight is 496 g/mol. The van der Waals surface area contributed by atoms with Gasteiger partial charge in [-0.25, -0.2) is 4.98 Å². The Labute approximate surface area is 183 Å². The summed E-state index contributed by atoms with van der Waals surface area (Å²) in [4.78, 5) is 11.3. The third kappa shape index (κ3) is 6.60. The normalized spacial score (nSPS) is 14.5. The molecule has 1 aliphatic rings. The molecule has 3 rings (SSSR count). The first-order valence-corrected chi connectivity index (χ1v) is 10.3. The Morgan fingerprint density at radius 1 is 1.26 bits per heavy atom. The predicted octanol–water partition coefficient (Wildman–Crippen LogP) is 4.76. The lowest BCUT2D eigenvalue weighted by molar-refractivity contribution is 0.439. The number of hydrogen-bond acceptors (Lipinski definition) is 3. The van der Waals surface area contributed by atoms with Gasteiger partial charge in [0, 0.05) is 37.8 Å². The van der Waals surface area contributed by atoms with E-state index in [9.17, 15) is 0 Å². The molecule has 2 heterocycles. The Bertz CT molecular complexity index is 755. The fraction of sp³-hybridized carbons (Fsp3) is 0.429. The van der Waals surface area contributed by atoms with Crippen LogP contribution in [0.5, 0.6) is 0 Å². The summed E-state index contributed by atoms with van der Waals surface area (Å²) in [7, 11) is 1.87. The van der Waals surface area contributed by atoms with Gasteiger partial charge in [0.05, 0.1) is 5.01 Å². The van der Waals surface area contributed by atoms with Gasteiger partial charge in [0.2, 0.25) is 0 Å². The molecule has 4 nitrogen and oxygen atoms in total. The van der Waals surface area contributed by atoms with Crippen LogP contribution in [0.25, 0.3) is 5.57 Å². The average Bonchev–Trinajstić information content (AvgIpc) is 3.11. The maximum atomic E-state index is 4.52. The zero-order valence-electron chi connectivity index (χ0n) is 16.1. The van der Waals surface area contributed by atoms with Crippen LogP contribution in [0.1, 0.15) is 35.5 Å². The largest absolute Gasteiger partial charge is 0.356 e. The van der Waals surface area contributed by atoms with Crippen molar-refractivity contribution in [2.45, 2.75) is 32.6 Å². The minimum atomic E-state index is 0. The molecule has 1 N–H and O–H groups in total. The lowest BCUT2D eigenvalue weighted by atomic mass is 10.00. The first kappa shape index (κ1) is 21.9. The second-order valence-electron chi connectivity index (χ2n) is 6.61. The molecule has 1 aromatic heterocycles. The fourth-order valence-electron chi connectivity index (χ4n) is 3.23. The van der Waals surface area contributed by atoms with Gasteiger partial charge in [0.25, 0.3) is 0 Å². The molecule has 0 bridgehead atoms. The molecule has 0 saturated heterocycles. The molecule has 2 aromatic rings. The zero-order chi connectivity index (χ0) is 18.2. The molecule has 0 radical (unpaired) electrons. The van der Waals surface area contributed by atoms with Crippen LogP contribution in [0.4, 0.5) is 0 Å². The molecule has 0 unspecified atom stereocenters. The zero-order valence-corrected chi connectivity index (χ0v) is 19.3. The minimum absolute atomic E-state index is 0. The molecule has 27 heavy (non-hydrogen) atoms. The van der Waals surface area contributed by atoms with Gasteiger partial charge in [0.1, 0.15) is 0 Å². The highest BCUT2D eigenvalue weighted by Gasteiger charge is 2.15. The molecule has 0 fully saturated rings. The number of nitrogens with zero attached hydrogens (tertiary/aromatic N) is 3. The van der Waals surface area contributed by atoms with E-state index in [1.807, 2.05) is 7.05 Å². The van der Waals surface area contributed by atoms with Crippen molar-refractivity contribution >= 4 is 46.8 Å². The maximum Gasteiger partial charge on any atom is 0.193 e. The van der Waals surface area contributed by atoms with Gasteiger partial charge < -0.3 is 10.2 Å². The minimum Gasteiger partial charge on any atom is -0.356 e. The summed E-state index contributed by atoms with van der Waals surface area (Å²) in [5.41, 5.74) is 3.92. The number of nitrogens with one attached hydrogen (secondary N) is 1. The fourth-order valence-corrected chi connectivity index (χ4v) is 4.05. The summed E-state index contributed by atoms with van der Waals surface area (Å²) >= 11 is 1.77. The summed E-state index contributed by atoms with van der Waals surface area (Å²) in [6, 6.07) is 10.7. The van der Waals surface area contributed by atoms with Crippen molar-refractivity contribution < 1.29 is 0 Å². The predicted molar refractivity (Wildman–Crippen MR) is 127 cm³/mol. The highest BCUT2D eigenvalue weighted by molar-refractivity contribution is 14.0. The number of thiazole rings is 1. The molecule has 0 spiro atoms. The van der Waals surface area contributed by atoms with Gasteiger partial charge in [-0.1, -0.05) is 36.4 Å². The van der Waals surface area contributed by atoms with E-state index in [4.69, 9.17) is 0 Å². The standard InChI is InChI=1S/C21H28N4S.HI/c1-17-16-26-20(24-17)10-6-7-13-23-21(22-2)25-14-11-19(12-15-25)18-8-4-3-5-9-18;/h3-5,8-9,11,16H,6-7,10,12-15H2,1-2H3,(H,22,23);1H. The summed E-state index contributed by atoms with van der Waals surface area (Å²) < 4.78 is 0. The quantitative estimate of drug-likeness (QED) is 0.272. The topological polar surface area (TPSA) is 40.5 Å². The molecule has 0 atom stereocenters. The van der Waals surface area contributed by atoms with E-state index >= 15 is 0 Å². The Balaban J connectivity index is 0.00000261. The molecule has 0 amide bonds. The molecular formula is C21H29IN4S. The van der Waals surface area contributed by atoms with Crippen LogP contribution in [-0.4, -0.2) is 42.5 Å². The summed E-state index contributed by atoms with van der Waals surface area (Å²) in [5.74, 6) is 1.01. The van der Waals surface area contributed by atoms with Gasteiger partial charge >= 0.3 is 0 Å². The summed E-state index contributed by atoms with van der Waals surface area (Å²) in [6.45, 7) is 4.95. The Hall–Kier alpha value is -1.41. The Morgan fingerprint density at radius 3 is 2.70 bits per heavy atom. The highest BCUT2D eigenvalue weighted by atomic mass is 127. The molecule has 1 aromatic carbocycles. The number of benzene rings is 1. The van der Waals surface area contributed by atoms with Crippen molar-refractivity contribution in [3.8, 4) is 0 Å². The van der Waals surface area contributed by atoms with E-state index < -0.39 is 0 Å². The molecule has 146 valence electrons. The lowest BCUT2D eigenvalue weighted by Crippen LogP contribution is -2.43. The van der Waals surface area contributed by atoms with Gasteiger partial charge in [-0.2, -0.15) is 0 Å². The van der Waals surface area contributed by atoms with Crippen molar-refractivity contribution in [2.24, 2.45) is 4.99 Å². The number of aliphatic imine (C=N–C) groups is 1. The first-order chi connectivity index (χ1) is 12.8. The van der Waals surface area contributed by atoms with Crippen molar-refractivity contribution in [1.82, 2.24) is 15.2 Å². The molecule has 0 saturated carbocycles. The van der Waals surface area contributed by atoms with Gasteiger partial charge in [-0.3, -0.25) is 4.99 Å². The van der Waals surface area contributed by atoms with E-state index in [1.165, 1.54) is 16.1 Å². The van der Waals surface area contributed by atoms with Gasteiger partial charge in [-0.05, 0) is 43.7 Å². The smallest absolute Gasteiger partial charge is 0.193 e. The van der Waals surface area contributed by atoms with Crippen molar-refractivity contribution in [3.05, 3.63) is 58.1 Å². The number of unbranched alkanes of at least 4 members (excludes halogenated alkanes) is 1. The van der Waals surface area contributed by atoms with Crippen LogP contribution >= 0.6 is 35.3 Å². The molecule has 1 aliphatic heterocycles. The number of guanidine groups is 1. The van der Waals surface area contributed by atoms with Crippen LogP contribution in [-0.2, 0) is 6.42 Å². The number of hydrogen-bond donors (Lipinski definition) is 1. The van der Waals surface area contributed by atoms with E-state index in [-0.39, 0.29) is 24.0 Å². The van der Waals surface area contributed by atoms with Crippen LogP contribution in [0.2, 0.25) is 0 Å². The van der Waals surface area contributed by atoms with Crippen LogP contribution in [0.15, 0.2) is 46.8 Å². The monoisotopic (exact) mass is 496 g/mol. The number of aryl methyl sites for hydroxylation is 2. The van der Waals surface area contributed by atoms with Crippen LogP contribution < -0.4 is 5.32 Å². The Morgan fingerprint density at radius 2 is 2.07 bits per heavy atom.